The first kappa shape index (κ1) is 25.8. The number of rotatable bonds is 9. The van der Waals surface area contributed by atoms with E-state index < -0.39 is 10.0 Å². The van der Waals surface area contributed by atoms with Crippen LogP contribution in [0.1, 0.15) is 43.0 Å². The van der Waals surface area contributed by atoms with Crippen LogP contribution in [0.4, 0.5) is 5.69 Å². The van der Waals surface area contributed by atoms with Gasteiger partial charge in [-0.25, -0.2) is 8.42 Å². The van der Waals surface area contributed by atoms with Gasteiger partial charge in [0, 0.05) is 5.02 Å². The number of anilines is 1. The molecule has 7 heteroatoms. The molecular formula is C27H31ClN2O3S. The van der Waals surface area contributed by atoms with Crippen molar-refractivity contribution < 1.29 is 13.2 Å². The number of halogens is 1. The standard InChI is InChI=1S/C27H31ClN2O3S/c1-19(2)16-25(22-8-6-5-7-9-22)29-27(31)18-30(26-15-12-23(28)17-21(26)4)34(32,33)24-13-10-20(3)11-14-24/h5-15,17,19,25H,16,18H2,1-4H3,(H,29,31). The molecule has 34 heavy (non-hydrogen) atoms. The predicted molar refractivity (Wildman–Crippen MR) is 139 cm³/mol. The molecule has 1 unspecified atom stereocenters. The van der Waals surface area contributed by atoms with Crippen molar-refractivity contribution in [3.05, 3.63) is 94.5 Å². The SMILES string of the molecule is Cc1ccc(S(=O)(=O)N(CC(=O)NC(CC(C)C)c2ccccc2)c2ccc(Cl)cc2C)cc1. The molecule has 3 rings (SSSR count). The van der Waals surface area contributed by atoms with E-state index in [9.17, 15) is 13.2 Å². The first-order valence-electron chi connectivity index (χ1n) is 11.3. The van der Waals surface area contributed by atoms with Crippen molar-refractivity contribution >= 4 is 33.2 Å². The molecule has 0 bridgehead atoms. The second-order valence-corrected chi connectivity index (χ2v) is 11.2. The molecule has 0 aromatic heterocycles. The van der Waals surface area contributed by atoms with Gasteiger partial charge >= 0.3 is 0 Å². The van der Waals surface area contributed by atoms with E-state index in [2.05, 4.69) is 19.2 Å². The lowest BCUT2D eigenvalue weighted by molar-refractivity contribution is -0.120. The number of amides is 1. The van der Waals surface area contributed by atoms with Crippen LogP contribution in [0.2, 0.25) is 5.02 Å². The van der Waals surface area contributed by atoms with Crippen LogP contribution in [0.15, 0.2) is 77.7 Å². The third-order valence-corrected chi connectivity index (χ3v) is 7.58. The second kappa shape index (κ2) is 11.1. The molecule has 3 aromatic carbocycles. The fraction of sp³-hybridized carbons (Fsp3) is 0.296. The van der Waals surface area contributed by atoms with Crippen LogP contribution in [0.3, 0.4) is 0 Å². The summed E-state index contributed by atoms with van der Waals surface area (Å²) in [6.45, 7) is 7.51. The van der Waals surface area contributed by atoms with E-state index >= 15 is 0 Å². The predicted octanol–water partition coefficient (Wildman–Crippen LogP) is 6.06. The Bertz CT molecular complexity index is 1230. The summed E-state index contributed by atoms with van der Waals surface area (Å²) in [4.78, 5) is 13.4. The summed E-state index contributed by atoms with van der Waals surface area (Å²) < 4.78 is 28.5. The van der Waals surface area contributed by atoms with Gasteiger partial charge in [0.15, 0.2) is 0 Å². The van der Waals surface area contributed by atoms with Gasteiger partial charge in [0.05, 0.1) is 16.6 Å². The van der Waals surface area contributed by atoms with Crippen molar-refractivity contribution in [1.29, 1.82) is 0 Å². The monoisotopic (exact) mass is 498 g/mol. The zero-order chi connectivity index (χ0) is 24.9. The maximum atomic E-state index is 13.7. The fourth-order valence-corrected chi connectivity index (χ4v) is 5.55. The van der Waals surface area contributed by atoms with Gasteiger partial charge in [-0.3, -0.25) is 9.10 Å². The molecule has 0 radical (unpaired) electrons. The highest BCUT2D eigenvalue weighted by Gasteiger charge is 2.29. The molecular weight excluding hydrogens is 468 g/mol. The zero-order valence-electron chi connectivity index (χ0n) is 20.0. The van der Waals surface area contributed by atoms with Crippen molar-refractivity contribution in [3.8, 4) is 0 Å². The molecule has 3 aromatic rings. The Hall–Kier alpha value is -2.83. The van der Waals surface area contributed by atoms with Gasteiger partial charge in [-0.2, -0.15) is 0 Å². The third kappa shape index (κ3) is 6.39. The smallest absolute Gasteiger partial charge is 0.264 e. The highest BCUT2D eigenvalue weighted by Crippen LogP contribution is 2.29. The Kier molecular flexibility index (Phi) is 8.39. The number of nitrogens with one attached hydrogen (secondary N) is 1. The van der Waals surface area contributed by atoms with E-state index in [-0.39, 0.29) is 23.4 Å². The lowest BCUT2D eigenvalue weighted by Gasteiger charge is -2.27. The topological polar surface area (TPSA) is 66.5 Å². The average molecular weight is 499 g/mol. The van der Waals surface area contributed by atoms with E-state index in [0.29, 0.717) is 22.2 Å². The second-order valence-electron chi connectivity index (χ2n) is 8.92. The minimum absolute atomic E-state index is 0.127. The molecule has 1 atom stereocenters. The minimum Gasteiger partial charge on any atom is -0.348 e. The number of carbonyl (C=O) groups is 1. The molecule has 0 saturated carbocycles. The molecule has 1 amide bonds. The first-order chi connectivity index (χ1) is 16.1. The molecule has 5 nitrogen and oxygen atoms in total. The van der Waals surface area contributed by atoms with Crippen LogP contribution in [-0.2, 0) is 14.8 Å². The van der Waals surface area contributed by atoms with E-state index in [1.807, 2.05) is 37.3 Å². The van der Waals surface area contributed by atoms with Gasteiger partial charge in [0.1, 0.15) is 6.54 Å². The van der Waals surface area contributed by atoms with Crippen LogP contribution < -0.4 is 9.62 Å². The summed E-state index contributed by atoms with van der Waals surface area (Å²) in [5.41, 5.74) is 3.02. The third-order valence-electron chi connectivity index (χ3n) is 5.57. The Morgan fingerprint density at radius 3 is 2.21 bits per heavy atom. The minimum atomic E-state index is -4.00. The maximum absolute atomic E-state index is 13.7. The molecule has 0 saturated heterocycles. The molecule has 180 valence electrons. The first-order valence-corrected chi connectivity index (χ1v) is 13.1. The van der Waals surface area contributed by atoms with Gasteiger partial charge in [0.2, 0.25) is 5.91 Å². The summed E-state index contributed by atoms with van der Waals surface area (Å²) in [7, 11) is -4.00. The number of benzene rings is 3. The highest BCUT2D eigenvalue weighted by molar-refractivity contribution is 7.92. The van der Waals surface area contributed by atoms with Crippen LogP contribution >= 0.6 is 11.6 Å². The zero-order valence-corrected chi connectivity index (χ0v) is 21.5. The summed E-state index contributed by atoms with van der Waals surface area (Å²) in [6.07, 6.45) is 0.737. The van der Waals surface area contributed by atoms with E-state index in [1.54, 1.807) is 49.4 Å². The average Bonchev–Trinajstić information content (AvgIpc) is 2.78. The van der Waals surface area contributed by atoms with Crippen molar-refractivity contribution in [2.75, 3.05) is 10.8 Å². The lowest BCUT2D eigenvalue weighted by Crippen LogP contribution is -2.42. The van der Waals surface area contributed by atoms with Crippen LogP contribution in [-0.4, -0.2) is 20.9 Å². The van der Waals surface area contributed by atoms with Crippen molar-refractivity contribution in [2.24, 2.45) is 5.92 Å². The molecule has 1 N–H and O–H groups in total. The molecule has 0 aliphatic carbocycles. The van der Waals surface area contributed by atoms with Crippen molar-refractivity contribution in [1.82, 2.24) is 5.32 Å². The molecule has 0 aliphatic rings. The molecule has 0 spiro atoms. The van der Waals surface area contributed by atoms with Gasteiger partial charge in [0.25, 0.3) is 10.0 Å². The Morgan fingerprint density at radius 2 is 1.62 bits per heavy atom. The molecule has 0 heterocycles. The number of nitrogens with zero attached hydrogens (tertiary/aromatic N) is 1. The van der Waals surface area contributed by atoms with Gasteiger partial charge in [-0.1, -0.05) is 73.5 Å². The number of aryl methyl sites for hydroxylation is 2. The highest BCUT2D eigenvalue weighted by atomic mass is 35.5. The quantitative estimate of drug-likeness (QED) is 0.390. The van der Waals surface area contributed by atoms with E-state index in [0.717, 1.165) is 21.9 Å². The van der Waals surface area contributed by atoms with Gasteiger partial charge in [-0.05, 0) is 67.6 Å². The summed E-state index contributed by atoms with van der Waals surface area (Å²) in [6, 6.07) is 21.1. The van der Waals surface area contributed by atoms with Crippen molar-refractivity contribution in [3.63, 3.8) is 0 Å². The van der Waals surface area contributed by atoms with E-state index in [4.69, 9.17) is 11.6 Å². The number of hydrogen-bond donors (Lipinski definition) is 1. The maximum Gasteiger partial charge on any atom is 0.264 e. The normalized spacial score (nSPS) is 12.4. The Balaban J connectivity index is 1.96. The van der Waals surface area contributed by atoms with Crippen LogP contribution in [0.5, 0.6) is 0 Å². The fourth-order valence-electron chi connectivity index (χ4n) is 3.84. The van der Waals surface area contributed by atoms with E-state index in [1.165, 1.54) is 0 Å². The number of carbonyl (C=O) groups excluding carboxylic acids is 1. The largest absolute Gasteiger partial charge is 0.348 e. The van der Waals surface area contributed by atoms with Crippen LogP contribution in [0.25, 0.3) is 0 Å². The summed E-state index contributed by atoms with van der Waals surface area (Å²) >= 11 is 6.11. The van der Waals surface area contributed by atoms with Crippen LogP contribution in [0, 0.1) is 19.8 Å². The Morgan fingerprint density at radius 1 is 0.971 bits per heavy atom. The van der Waals surface area contributed by atoms with Crippen molar-refractivity contribution in [2.45, 2.75) is 45.1 Å². The Labute approximate surface area is 207 Å². The molecule has 0 aliphatic heterocycles. The summed E-state index contributed by atoms with van der Waals surface area (Å²) in [5, 5.41) is 3.56. The summed E-state index contributed by atoms with van der Waals surface area (Å²) in [5.74, 6) is -0.0315. The van der Waals surface area contributed by atoms with Gasteiger partial charge < -0.3 is 5.32 Å². The number of sulfonamides is 1. The van der Waals surface area contributed by atoms with Gasteiger partial charge in [-0.15, -0.1) is 0 Å². The number of hydrogen-bond acceptors (Lipinski definition) is 3. The molecule has 0 fully saturated rings. The lowest BCUT2D eigenvalue weighted by atomic mass is 9.97.